The number of benzene rings is 3. The van der Waals surface area contributed by atoms with Gasteiger partial charge in [0.1, 0.15) is 5.75 Å². The second-order valence-electron chi connectivity index (χ2n) is 4.14. The second kappa shape index (κ2) is 4.10. The Morgan fingerprint density at radius 1 is 0.765 bits per heavy atom. The third kappa shape index (κ3) is 1.84. The minimum absolute atomic E-state index is 0.707. The highest BCUT2D eigenvalue weighted by Gasteiger charge is 1.99. The van der Waals surface area contributed by atoms with Crippen LogP contribution in [0.1, 0.15) is 6.92 Å². The molecule has 0 bridgehead atoms. The Kier molecular flexibility index (Phi) is 2.45. The lowest BCUT2D eigenvalue weighted by Gasteiger charge is -2.06. The molecule has 0 aliphatic rings. The monoisotopic (exact) mass is 222 g/mol. The van der Waals surface area contributed by atoms with Gasteiger partial charge in [-0.1, -0.05) is 30.3 Å². The summed E-state index contributed by atoms with van der Waals surface area (Å²) in [6, 6.07) is 19.1. The van der Waals surface area contributed by atoms with Gasteiger partial charge in [0.05, 0.1) is 6.61 Å². The van der Waals surface area contributed by atoms with E-state index in [1.165, 1.54) is 21.5 Å². The molecule has 0 fully saturated rings. The van der Waals surface area contributed by atoms with Gasteiger partial charge in [-0.25, -0.2) is 0 Å². The van der Waals surface area contributed by atoms with Crippen LogP contribution in [0.3, 0.4) is 0 Å². The standard InChI is InChI=1S/C16H14O/c1-2-17-16-8-7-14-9-12-5-3-4-6-13(12)10-15(14)11-16/h3-11H,2H2,1H3. The summed E-state index contributed by atoms with van der Waals surface area (Å²) in [5, 5.41) is 5.04. The van der Waals surface area contributed by atoms with Crippen molar-refractivity contribution in [2.45, 2.75) is 6.92 Å². The number of ether oxygens (including phenoxy) is 1. The van der Waals surface area contributed by atoms with Crippen molar-refractivity contribution < 1.29 is 4.74 Å². The van der Waals surface area contributed by atoms with Gasteiger partial charge in [-0.2, -0.15) is 0 Å². The zero-order chi connectivity index (χ0) is 11.7. The van der Waals surface area contributed by atoms with Crippen LogP contribution in [0.15, 0.2) is 54.6 Å². The lowest BCUT2D eigenvalue weighted by molar-refractivity contribution is 0.341. The summed E-state index contributed by atoms with van der Waals surface area (Å²) in [6.07, 6.45) is 0. The Morgan fingerprint density at radius 3 is 2.12 bits per heavy atom. The average Bonchev–Trinajstić information content (AvgIpc) is 2.36. The van der Waals surface area contributed by atoms with E-state index >= 15 is 0 Å². The lowest BCUT2D eigenvalue weighted by atomic mass is 10.0. The maximum Gasteiger partial charge on any atom is 0.119 e. The zero-order valence-electron chi connectivity index (χ0n) is 9.81. The molecule has 3 aromatic rings. The quantitative estimate of drug-likeness (QED) is 0.584. The SMILES string of the molecule is CCOc1ccc2cc3ccccc3cc2c1. The van der Waals surface area contributed by atoms with Gasteiger partial charge in [-0.15, -0.1) is 0 Å². The molecule has 0 heterocycles. The van der Waals surface area contributed by atoms with Crippen LogP contribution in [-0.4, -0.2) is 6.61 Å². The number of rotatable bonds is 2. The number of hydrogen-bond acceptors (Lipinski definition) is 1. The van der Waals surface area contributed by atoms with Crippen molar-refractivity contribution in [3.8, 4) is 5.75 Å². The Bertz CT molecular complexity index is 670. The van der Waals surface area contributed by atoms with Crippen LogP contribution in [-0.2, 0) is 0 Å². The number of hydrogen-bond donors (Lipinski definition) is 0. The van der Waals surface area contributed by atoms with Gasteiger partial charge < -0.3 is 4.74 Å². The van der Waals surface area contributed by atoms with Crippen LogP contribution < -0.4 is 4.74 Å². The van der Waals surface area contributed by atoms with Gasteiger partial charge in [0.15, 0.2) is 0 Å². The van der Waals surface area contributed by atoms with Crippen molar-refractivity contribution in [1.82, 2.24) is 0 Å². The highest BCUT2D eigenvalue weighted by atomic mass is 16.5. The molecule has 0 amide bonds. The molecule has 3 rings (SSSR count). The maximum absolute atomic E-state index is 5.53. The summed E-state index contributed by atoms with van der Waals surface area (Å²) < 4.78 is 5.53. The fraction of sp³-hybridized carbons (Fsp3) is 0.125. The summed E-state index contributed by atoms with van der Waals surface area (Å²) >= 11 is 0. The van der Waals surface area contributed by atoms with E-state index in [0.717, 1.165) is 5.75 Å². The Balaban J connectivity index is 2.25. The van der Waals surface area contributed by atoms with Gasteiger partial charge in [-0.05, 0) is 52.7 Å². The van der Waals surface area contributed by atoms with Crippen LogP contribution >= 0.6 is 0 Å². The third-order valence-electron chi connectivity index (χ3n) is 2.99. The Labute approximate surface area is 101 Å². The third-order valence-corrected chi connectivity index (χ3v) is 2.99. The van der Waals surface area contributed by atoms with E-state index in [-0.39, 0.29) is 0 Å². The molecule has 0 saturated heterocycles. The highest BCUT2D eigenvalue weighted by Crippen LogP contribution is 2.26. The largest absolute Gasteiger partial charge is 0.494 e. The fourth-order valence-electron chi connectivity index (χ4n) is 2.17. The minimum atomic E-state index is 0.707. The van der Waals surface area contributed by atoms with Crippen LogP contribution in [0.4, 0.5) is 0 Å². The van der Waals surface area contributed by atoms with Crippen molar-refractivity contribution in [1.29, 1.82) is 0 Å². The second-order valence-corrected chi connectivity index (χ2v) is 4.14. The van der Waals surface area contributed by atoms with Crippen molar-refractivity contribution >= 4 is 21.5 Å². The predicted octanol–water partition coefficient (Wildman–Crippen LogP) is 4.39. The molecule has 0 aliphatic heterocycles. The van der Waals surface area contributed by atoms with E-state index in [0.29, 0.717) is 6.61 Å². The molecule has 0 spiro atoms. The van der Waals surface area contributed by atoms with Crippen LogP contribution in [0.25, 0.3) is 21.5 Å². The maximum atomic E-state index is 5.53. The fourth-order valence-corrected chi connectivity index (χ4v) is 2.17. The van der Waals surface area contributed by atoms with Crippen molar-refractivity contribution in [3.63, 3.8) is 0 Å². The first-order valence-electron chi connectivity index (χ1n) is 5.92. The first-order chi connectivity index (χ1) is 8.36. The van der Waals surface area contributed by atoms with Gasteiger partial charge in [0.2, 0.25) is 0 Å². The Hall–Kier alpha value is -2.02. The molecule has 0 unspecified atom stereocenters. The Morgan fingerprint density at radius 2 is 1.41 bits per heavy atom. The predicted molar refractivity (Wildman–Crippen MR) is 72.6 cm³/mol. The van der Waals surface area contributed by atoms with Crippen molar-refractivity contribution in [2.75, 3.05) is 6.61 Å². The lowest BCUT2D eigenvalue weighted by Crippen LogP contribution is -1.90. The molecule has 1 heteroatoms. The van der Waals surface area contributed by atoms with E-state index in [2.05, 4.69) is 48.5 Å². The molecule has 1 nitrogen and oxygen atoms in total. The highest BCUT2D eigenvalue weighted by molar-refractivity contribution is 5.98. The van der Waals surface area contributed by atoms with E-state index in [1.54, 1.807) is 0 Å². The molecule has 0 aliphatic carbocycles. The summed E-state index contributed by atoms with van der Waals surface area (Å²) in [4.78, 5) is 0. The minimum Gasteiger partial charge on any atom is -0.494 e. The first kappa shape index (κ1) is 10.2. The van der Waals surface area contributed by atoms with E-state index in [4.69, 9.17) is 4.74 Å². The van der Waals surface area contributed by atoms with Crippen molar-refractivity contribution in [2.24, 2.45) is 0 Å². The van der Waals surface area contributed by atoms with Crippen LogP contribution in [0.2, 0.25) is 0 Å². The molecule has 84 valence electrons. The molecular weight excluding hydrogens is 208 g/mol. The smallest absolute Gasteiger partial charge is 0.119 e. The molecular formula is C16H14O. The average molecular weight is 222 g/mol. The van der Waals surface area contributed by atoms with E-state index in [1.807, 2.05) is 13.0 Å². The van der Waals surface area contributed by atoms with Crippen LogP contribution in [0, 0.1) is 0 Å². The van der Waals surface area contributed by atoms with Crippen molar-refractivity contribution in [3.05, 3.63) is 54.6 Å². The molecule has 17 heavy (non-hydrogen) atoms. The first-order valence-corrected chi connectivity index (χ1v) is 5.92. The summed E-state index contributed by atoms with van der Waals surface area (Å²) in [7, 11) is 0. The molecule has 0 atom stereocenters. The van der Waals surface area contributed by atoms with E-state index in [9.17, 15) is 0 Å². The van der Waals surface area contributed by atoms with Gasteiger partial charge in [-0.3, -0.25) is 0 Å². The zero-order valence-corrected chi connectivity index (χ0v) is 9.81. The summed E-state index contributed by atoms with van der Waals surface area (Å²) in [5.74, 6) is 0.940. The van der Waals surface area contributed by atoms with Gasteiger partial charge in [0.25, 0.3) is 0 Å². The van der Waals surface area contributed by atoms with Gasteiger partial charge >= 0.3 is 0 Å². The van der Waals surface area contributed by atoms with Crippen LogP contribution in [0.5, 0.6) is 5.75 Å². The van der Waals surface area contributed by atoms with Gasteiger partial charge in [0, 0.05) is 0 Å². The molecule has 0 saturated carbocycles. The molecule has 3 aromatic carbocycles. The molecule has 0 aromatic heterocycles. The summed E-state index contributed by atoms with van der Waals surface area (Å²) in [6.45, 7) is 2.71. The van der Waals surface area contributed by atoms with E-state index < -0.39 is 0 Å². The molecule has 0 N–H and O–H groups in total. The normalized spacial score (nSPS) is 10.9. The topological polar surface area (TPSA) is 9.23 Å². The number of fused-ring (bicyclic) bond motifs is 2. The summed E-state index contributed by atoms with van der Waals surface area (Å²) in [5.41, 5.74) is 0. The molecule has 0 radical (unpaired) electrons.